The molecular formula is C32H24N2O2S2. The number of carbonyl (C=O) groups is 1. The minimum absolute atomic E-state index is 0.268. The highest BCUT2D eigenvalue weighted by molar-refractivity contribution is 7.24. The fraction of sp³-hybridized carbons (Fsp3) is 0.0625. The first-order chi connectivity index (χ1) is 18.4. The normalized spacial score (nSPS) is 11.2. The number of aliphatic carboxylic acids is 1. The molecule has 4 nitrogen and oxygen atoms in total. The molecule has 1 N–H and O–H groups in total. The van der Waals surface area contributed by atoms with E-state index in [0.717, 1.165) is 42.1 Å². The van der Waals surface area contributed by atoms with Crippen LogP contribution in [0.2, 0.25) is 0 Å². The third kappa shape index (κ3) is 5.45. The van der Waals surface area contributed by atoms with Gasteiger partial charge in [0.25, 0.3) is 0 Å². The van der Waals surface area contributed by atoms with E-state index in [1.165, 1.54) is 28.5 Å². The van der Waals surface area contributed by atoms with Crippen LogP contribution in [0.3, 0.4) is 0 Å². The van der Waals surface area contributed by atoms with Gasteiger partial charge in [-0.15, -0.1) is 22.7 Å². The smallest absolute Gasteiger partial charge is 0.346 e. The number of hydrogen-bond acceptors (Lipinski definition) is 5. The van der Waals surface area contributed by atoms with Gasteiger partial charge in [0.15, 0.2) is 0 Å². The topological polar surface area (TPSA) is 64.3 Å². The van der Waals surface area contributed by atoms with Crippen molar-refractivity contribution in [3.63, 3.8) is 0 Å². The lowest BCUT2D eigenvalue weighted by molar-refractivity contribution is -0.132. The fourth-order valence-electron chi connectivity index (χ4n) is 4.08. The second-order valence-corrected chi connectivity index (χ2v) is 11.1. The number of anilines is 3. The molecule has 0 aliphatic rings. The molecule has 5 rings (SSSR count). The molecule has 2 heterocycles. The maximum Gasteiger partial charge on any atom is 0.346 e. The van der Waals surface area contributed by atoms with Gasteiger partial charge < -0.3 is 10.0 Å². The van der Waals surface area contributed by atoms with Gasteiger partial charge >= 0.3 is 5.97 Å². The molecule has 0 atom stereocenters. The van der Waals surface area contributed by atoms with Crippen LogP contribution < -0.4 is 4.90 Å². The standard InChI is InChI=1S/C32H24N2O2S2/c1-21-3-9-25(10-4-21)34(26-11-5-22(2)6-12-26)27-13-7-23(8-14-27)29-17-18-31(38-29)30-16-15-28(37-30)19-24(20-33)32(35)36/h3-19H,1-2H3,(H,35,36). The Morgan fingerprint density at radius 1 is 0.711 bits per heavy atom. The summed E-state index contributed by atoms with van der Waals surface area (Å²) < 4.78 is 0. The molecule has 0 fully saturated rings. The number of hydrogen-bond donors (Lipinski definition) is 1. The molecule has 3 aromatic carbocycles. The summed E-state index contributed by atoms with van der Waals surface area (Å²) in [6.07, 6.45) is 1.41. The number of aryl methyl sites for hydroxylation is 2. The molecule has 5 aromatic rings. The van der Waals surface area contributed by atoms with Crippen molar-refractivity contribution in [3.8, 4) is 26.3 Å². The molecule has 0 saturated heterocycles. The lowest BCUT2D eigenvalue weighted by atomic mass is 10.1. The van der Waals surface area contributed by atoms with Crippen LogP contribution in [0.4, 0.5) is 17.1 Å². The lowest BCUT2D eigenvalue weighted by Crippen LogP contribution is -2.09. The molecule has 0 bridgehead atoms. The SMILES string of the molecule is Cc1ccc(N(c2ccc(C)cc2)c2ccc(-c3ccc(-c4ccc(C=C(C#N)C(=O)O)s4)s3)cc2)cc1. The van der Waals surface area contributed by atoms with Crippen molar-refractivity contribution in [2.45, 2.75) is 13.8 Å². The minimum atomic E-state index is -1.22. The van der Waals surface area contributed by atoms with Gasteiger partial charge in [0.2, 0.25) is 0 Å². The molecule has 0 aliphatic heterocycles. The third-order valence-corrected chi connectivity index (χ3v) is 8.47. The first kappa shape index (κ1) is 25.2. The van der Waals surface area contributed by atoms with E-state index in [-0.39, 0.29) is 5.57 Å². The molecule has 2 aromatic heterocycles. The van der Waals surface area contributed by atoms with Gasteiger partial charge in [-0.2, -0.15) is 5.26 Å². The van der Waals surface area contributed by atoms with Gasteiger partial charge in [-0.1, -0.05) is 47.5 Å². The highest BCUT2D eigenvalue weighted by Crippen LogP contribution is 2.40. The van der Waals surface area contributed by atoms with E-state index in [1.807, 2.05) is 12.1 Å². The summed E-state index contributed by atoms with van der Waals surface area (Å²) in [5.41, 5.74) is 6.61. The average molecular weight is 533 g/mol. The van der Waals surface area contributed by atoms with Crippen molar-refractivity contribution in [3.05, 3.63) is 119 Å². The predicted octanol–water partition coefficient (Wildman–Crippen LogP) is 9.22. The minimum Gasteiger partial charge on any atom is -0.477 e. The molecule has 186 valence electrons. The second-order valence-electron chi connectivity index (χ2n) is 8.89. The molecule has 6 heteroatoms. The number of carboxylic acid groups (broad SMARTS) is 1. The van der Waals surface area contributed by atoms with E-state index in [0.29, 0.717) is 0 Å². The maximum atomic E-state index is 11.1. The summed E-state index contributed by atoms with van der Waals surface area (Å²) in [7, 11) is 0. The Hall–Kier alpha value is -4.44. The van der Waals surface area contributed by atoms with E-state index in [1.54, 1.807) is 17.4 Å². The summed E-state index contributed by atoms with van der Waals surface area (Å²) in [6.45, 7) is 4.19. The number of nitrogens with zero attached hydrogens (tertiary/aromatic N) is 2. The number of nitriles is 1. The Morgan fingerprint density at radius 3 is 1.71 bits per heavy atom. The van der Waals surface area contributed by atoms with Crippen LogP contribution in [-0.2, 0) is 4.79 Å². The molecule has 0 spiro atoms. The molecule has 0 amide bonds. The van der Waals surface area contributed by atoms with E-state index in [9.17, 15) is 4.79 Å². The zero-order valence-electron chi connectivity index (χ0n) is 20.9. The Labute approximate surface area is 230 Å². The lowest BCUT2D eigenvalue weighted by Gasteiger charge is -2.26. The van der Waals surface area contributed by atoms with Crippen molar-refractivity contribution in [1.82, 2.24) is 0 Å². The van der Waals surface area contributed by atoms with E-state index >= 15 is 0 Å². The van der Waals surface area contributed by atoms with Crippen molar-refractivity contribution in [1.29, 1.82) is 5.26 Å². The highest BCUT2D eigenvalue weighted by atomic mass is 32.1. The van der Waals surface area contributed by atoms with Crippen LogP contribution in [-0.4, -0.2) is 11.1 Å². The molecule has 0 unspecified atom stereocenters. The van der Waals surface area contributed by atoms with Crippen LogP contribution in [0.25, 0.3) is 26.3 Å². The van der Waals surface area contributed by atoms with Crippen molar-refractivity contribution < 1.29 is 9.90 Å². The summed E-state index contributed by atoms with van der Waals surface area (Å²) >= 11 is 3.16. The van der Waals surface area contributed by atoms with Crippen molar-refractivity contribution in [2.24, 2.45) is 0 Å². The molecule has 0 aliphatic carbocycles. The van der Waals surface area contributed by atoms with E-state index in [4.69, 9.17) is 10.4 Å². The largest absolute Gasteiger partial charge is 0.477 e. The van der Waals surface area contributed by atoms with Gasteiger partial charge in [0.1, 0.15) is 11.6 Å². The Kier molecular flexibility index (Phi) is 7.23. The second kappa shape index (κ2) is 10.9. The van der Waals surface area contributed by atoms with Crippen LogP contribution >= 0.6 is 22.7 Å². The summed E-state index contributed by atoms with van der Waals surface area (Å²) in [6, 6.07) is 35.5. The first-order valence-electron chi connectivity index (χ1n) is 12.0. The predicted molar refractivity (Wildman–Crippen MR) is 158 cm³/mol. The Bertz CT molecular complexity index is 1610. The van der Waals surface area contributed by atoms with Crippen LogP contribution in [0.5, 0.6) is 0 Å². The molecule has 38 heavy (non-hydrogen) atoms. The third-order valence-electron chi connectivity index (χ3n) is 6.11. The van der Waals surface area contributed by atoms with Crippen LogP contribution in [0.15, 0.2) is 103 Å². The molecular weight excluding hydrogens is 508 g/mol. The molecule has 0 saturated carbocycles. The monoisotopic (exact) mass is 532 g/mol. The zero-order valence-corrected chi connectivity index (χ0v) is 22.5. The molecule has 0 radical (unpaired) electrons. The van der Waals surface area contributed by atoms with Gasteiger partial charge in [-0.25, -0.2) is 4.79 Å². The first-order valence-corrected chi connectivity index (χ1v) is 13.6. The maximum absolute atomic E-state index is 11.1. The Balaban J connectivity index is 1.42. The van der Waals surface area contributed by atoms with Gasteiger partial charge in [-0.3, -0.25) is 0 Å². The van der Waals surface area contributed by atoms with Crippen LogP contribution in [0, 0.1) is 25.2 Å². The quantitative estimate of drug-likeness (QED) is 0.168. The van der Waals surface area contributed by atoms with Crippen LogP contribution in [0.1, 0.15) is 16.0 Å². The van der Waals surface area contributed by atoms with Gasteiger partial charge in [-0.05, 0) is 86.2 Å². The van der Waals surface area contributed by atoms with Crippen molar-refractivity contribution >= 4 is 51.8 Å². The summed E-state index contributed by atoms with van der Waals surface area (Å²) in [5, 5.41) is 18.1. The van der Waals surface area contributed by atoms with Crippen molar-refractivity contribution in [2.75, 3.05) is 4.90 Å². The zero-order chi connectivity index (χ0) is 26.6. The van der Waals surface area contributed by atoms with Gasteiger partial charge in [0, 0.05) is 36.6 Å². The fourth-order valence-corrected chi connectivity index (χ4v) is 6.14. The summed E-state index contributed by atoms with van der Waals surface area (Å²) in [5.74, 6) is -1.22. The number of rotatable bonds is 7. The van der Waals surface area contributed by atoms with E-state index < -0.39 is 5.97 Å². The average Bonchev–Trinajstić information content (AvgIpc) is 3.60. The highest BCUT2D eigenvalue weighted by Gasteiger charge is 2.14. The summed E-state index contributed by atoms with van der Waals surface area (Å²) in [4.78, 5) is 17.4. The number of thiophene rings is 2. The Morgan fingerprint density at radius 2 is 1.18 bits per heavy atom. The number of carboxylic acids is 1. The van der Waals surface area contributed by atoms with E-state index in [2.05, 4.69) is 104 Å². The van der Waals surface area contributed by atoms with Gasteiger partial charge in [0.05, 0.1) is 0 Å². The number of benzene rings is 3.